The molecule has 0 saturated carbocycles. The fourth-order valence-corrected chi connectivity index (χ4v) is 1.04. The lowest BCUT2D eigenvalue weighted by Crippen LogP contribution is -2.23. The fourth-order valence-electron chi connectivity index (χ4n) is 1.04. The van der Waals surface area contributed by atoms with E-state index in [9.17, 15) is 4.39 Å². The highest BCUT2D eigenvalue weighted by Gasteiger charge is 2.03. The van der Waals surface area contributed by atoms with Gasteiger partial charge in [-0.2, -0.15) is 0 Å². The van der Waals surface area contributed by atoms with E-state index < -0.39 is 0 Å². The van der Waals surface area contributed by atoms with Crippen LogP contribution in [0.4, 0.5) is 4.39 Å². The first-order valence-corrected chi connectivity index (χ1v) is 4.70. The third kappa shape index (κ3) is 3.95. The molecule has 0 aromatic heterocycles. The highest BCUT2D eigenvalue weighted by Crippen LogP contribution is 2.09. The molecule has 4 nitrogen and oxygen atoms in total. The summed E-state index contributed by atoms with van der Waals surface area (Å²) >= 11 is 0. The number of aryl methyl sites for hydroxylation is 1. The Bertz CT molecular complexity index is 336. The van der Waals surface area contributed by atoms with Crippen LogP contribution in [0.25, 0.3) is 0 Å². The number of nitrogens with zero attached hydrogens (tertiary/aromatic N) is 1. The molecule has 1 rings (SSSR count). The number of rotatable bonds is 2. The molecule has 5 heteroatoms. The van der Waals surface area contributed by atoms with E-state index in [1.807, 2.05) is 13.8 Å². The van der Waals surface area contributed by atoms with E-state index in [1.54, 1.807) is 13.0 Å². The molecule has 1 aromatic carbocycles. The second-order valence-electron chi connectivity index (χ2n) is 2.59. The predicted molar refractivity (Wildman–Crippen MR) is 60.5 cm³/mol. The van der Waals surface area contributed by atoms with E-state index in [2.05, 4.69) is 10.6 Å². The number of benzene rings is 1. The van der Waals surface area contributed by atoms with Crippen molar-refractivity contribution in [1.82, 2.24) is 5.53 Å². The van der Waals surface area contributed by atoms with Crippen LogP contribution in [-0.4, -0.2) is 5.84 Å². The lowest BCUT2D eigenvalue weighted by molar-refractivity contribution is 0.626. The SMILES string of the molecule is CC.Cc1cc(F)ccc1/C(N)=N/NN. The number of nitrogens with one attached hydrogen (secondary N) is 1. The molecular formula is C10H17FN4. The average Bonchev–Trinajstić information content (AvgIpc) is 2.21. The molecule has 0 saturated heterocycles. The van der Waals surface area contributed by atoms with E-state index >= 15 is 0 Å². The maximum Gasteiger partial charge on any atom is 0.152 e. The molecule has 15 heavy (non-hydrogen) atoms. The van der Waals surface area contributed by atoms with Gasteiger partial charge in [0.15, 0.2) is 5.84 Å². The Morgan fingerprint density at radius 1 is 1.40 bits per heavy atom. The summed E-state index contributed by atoms with van der Waals surface area (Å²) in [6, 6.07) is 4.26. The van der Waals surface area contributed by atoms with Crippen molar-refractivity contribution in [2.24, 2.45) is 16.7 Å². The second-order valence-corrected chi connectivity index (χ2v) is 2.59. The number of hydrazone groups is 1. The average molecular weight is 212 g/mol. The third-order valence-electron chi connectivity index (χ3n) is 1.65. The minimum absolute atomic E-state index is 0.236. The third-order valence-corrected chi connectivity index (χ3v) is 1.65. The number of hydrazine groups is 1. The molecule has 84 valence electrons. The highest BCUT2D eigenvalue weighted by molar-refractivity contribution is 5.98. The molecule has 0 amide bonds. The molecule has 0 radical (unpaired) electrons. The molecule has 0 fully saturated rings. The minimum atomic E-state index is -0.297. The van der Waals surface area contributed by atoms with Crippen LogP contribution < -0.4 is 17.1 Å². The Morgan fingerprint density at radius 3 is 2.47 bits per heavy atom. The molecule has 0 unspecified atom stereocenters. The van der Waals surface area contributed by atoms with Gasteiger partial charge in [0, 0.05) is 5.56 Å². The van der Waals surface area contributed by atoms with Gasteiger partial charge in [-0.05, 0) is 30.7 Å². The van der Waals surface area contributed by atoms with Gasteiger partial charge in [-0.25, -0.2) is 15.8 Å². The van der Waals surface area contributed by atoms with Crippen molar-refractivity contribution >= 4 is 5.84 Å². The van der Waals surface area contributed by atoms with Crippen molar-refractivity contribution < 1.29 is 4.39 Å². The molecule has 1 aromatic rings. The molecule has 0 bridgehead atoms. The smallest absolute Gasteiger partial charge is 0.152 e. The van der Waals surface area contributed by atoms with Gasteiger partial charge in [0.2, 0.25) is 0 Å². The number of nitrogens with two attached hydrogens (primary N) is 2. The number of amidine groups is 1. The summed E-state index contributed by atoms with van der Waals surface area (Å²) in [5.41, 5.74) is 9.00. The van der Waals surface area contributed by atoms with Crippen molar-refractivity contribution in [2.45, 2.75) is 20.8 Å². The number of hydrogen-bond acceptors (Lipinski definition) is 3. The van der Waals surface area contributed by atoms with Gasteiger partial charge in [-0.3, -0.25) is 0 Å². The summed E-state index contributed by atoms with van der Waals surface area (Å²) in [5, 5.41) is 3.59. The molecule has 0 atom stereocenters. The van der Waals surface area contributed by atoms with Crippen molar-refractivity contribution in [3.05, 3.63) is 35.1 Å². The van der Waals surface area contributed by atoms with Crippen molar-refractivity contribution in [2.75, 3.05) is 0 Å². The second kappa shape index (κ2) is 6.78. The van der Waals surface area contributed by atoms with E-state index in [1.165, 1.54) is 12.1 Å². The molecule has 0 heterocycles. The van der Waals surface area contributed by atoms with E-state index in [4.69, 9.17) is 11.6 Å². The van der Waals surface area contributed by atoms with Crippen molar-refractivity contribution in [3.63, 3.8) is 0 Å². The van der Waals surface area contributed by atoms with Crippen LogP contribution in [0.5, 0.6) is 0 Å². The minimum Gasteiger partial charge on any atom is -0.382 e. The molecular weight excluding hydrogens is 195 g/mol. The van der Waals surface area contributed by atoms with Crippen LogP contribution >= 0.6 is 0 Å². The highest BCUT2D eigenvalue weighted by atomic mass is 19.1. The van der Waals surface area contributed by atoms with Crippen molar-refractivity contribution in [3.8, 4) is 0 Å². The standard InChI is InChI=1S/C8H11FN4.C2H6/c1-5-4-6(9)2-3-7(5)8(10)12-13-11;1-2/h2-4,13H,11H2,1H3,(H2,10,12);1-2H3. The molecule has 5 N–H and O–H groups in total. The molecule has 0 spiro atoms. The molecule has 0 aliphatic carbocycles. The quantitative estimate of drug-likeness (QED) is 0.299. The first-order valence-electron chi connectivity index (χ1n) is 4.70. The van der Waals surface area contributed by atoms with E-state index in [-0.39, 0.29) is 11.7 Å². The lowest BCUT2D eigenvalue weighted by atomic mass is 10.1. The van der Waals surface area contributed by atoms with Gasteiger partial charge < -0.3 is 5.73 Å². The van der Waals surface area contributed by atoms with Crippen LogP contribution in [0.1, 0.15) is 25.0 Å². The Morgan fingerprint density at radius 2 is 2.00 bits per heavy atom. The van der Waals surface area contributed by atoms with Gasteiger partial charge in [0.05, 0.1) is 0 Å². The van der Waals surface area contributed by atoms with Crippen LogP contribution in [0, 0.1) is 12.7 Å². The first-order chi connectivity index (χ1) is 7.15. The first kappa shape index (κ1) is 13.4. The number of hydrogen-bond donors (Lipinski definition) is 3. The Hall–Kier alpha value is -1.62. The van der Waals surface area contributed by atoms with E-state index in [0.717, 1.165) is 5.56 Å². The summed E-state index contributed by atoms with van der Waals surface area (Å²) in [5.74, 6) is 4.89. The Balaban J connectivity index is 0.000000921. The van der Waals surface area contributed by atoms with Crippen LogP contribution in [0.2, 0.25) is 0 Å². The van der Waals surface area contributed by atoms with Gasteiger partial charge in [0.25, 0.3) is 0 Å². The summed E-state index contributed by atoms with van der Waals surface area (Å²) in [4.78, 5) is 0. The maximum absolute atomic E-state index is 12.7. The molecule has 0 aliphatic rings. The van der Waals surface area contributed by atoms with Gasteiger partial charge >= 0.3 is 0 Å². The summed E-state index contributed by atoms with van der Waals surface area (Å²) in [6.07, 6.45) is 0. The van der Waals surface area contributed by atoms with Crippen LogP contribution in [-0.2, 0) is 0 Å². The monoisotopic (exact) mass is 212 g/mol. The Kier molecular flexibility index (Phi) is 6.05. The predicted octanol–water partition coefficient (Wildman–Crippen LogP) is 1.24. The van der Waals surface area contributed by atoms with Gasteiger partial charge in [-0.1, -0.05) is 13.8 Å². The van der Waals surface area contributed by atoms with E-state index in [0.29, 0.717) is 5.56 Å². The van der Waals surface area contributed by atoms with Crippen LogP contribution in [0.3, 0.4) is 0 Å². The molecule has 0 aliphatic heterocycles. The van der Waals surface area contributed by atoms with Crippen molar-refractivity contribution in [1.29, 1.82) is 0 Å². The summed E-state index contributed by atoms with van der Waals surface area (Å²) < 4.78 is 12.7. The Labute approximate surface area is 89.1 Å². The van der Waals surface area contributed by atoms with Gasteiger partial charge in [-0.15, -0.1) is 5.10 Å². The lowest BCUT2D eigenvalue weighted by Gasteiger charge is -2.04. The number of halogens is 1. The zero-order valence-corrected chi connectivity index (χ0v) is 9.21. The maximum atomic E-state index is 12.7. The zero-order valence-electron chi connectivity index (χ0n) is 9.21. The largest absolute Gasteiger partial charge is 0.382 e. The van der Waals surface area contributed by atoms with Crippen LogP contribution in [0.15, 0.2) is 23.3 Å². The topological polar surface area (TPSA) is 76.4 Å². The zero-order chi connectivity index (χ0) is 11.8. The van der Waals surface area contributed by atoms with Gasteiger partial charge in [0.1, 0.15) is 5.82 Å². The fraction of sp³-hybridized carbons (Fsp3) is 0.300. The normalized spacial score (nSPS) is 10.3. The summed E-state index contributed by atoms with van der Waals surface area (Å²) in [7, 11) is 0. The summed E-state index contributed by atoms with van der Waals surface area (Å²) in [6.45, 7) is 5.75.